The van der Waals surface area contributed by atoms with Gasteiger partial charge in [-0.2, -0.15) is 5.26 Å². The maximum absolute atomic E-state index is 12.3. The molecule has 19 heavy (non-hydrogen) atoms. The van der Waals surface area contributed by atoms with Crippen LogP contribution < -0.4 is 5.73 Å². The summed E-state index contributed by atoms with van der Waals surface area (Å²) in [6, 6.07) is 8.50. The lowest BCUT2D eigenvalue weighted by atomic mass is 9.97. The molecule has 0 aliphatic carbocycles. The van der Waals surface area contributed by atoms with E-state index in [2.05, 4.69) is 0 Å². The van der Waals surface area contributed by atoms with E-state index < -0.39 is 0 Å². The van der Waals surface area contributed by atoms with Crippen molar-refractivity contribution in [2.45, 2.75) is 12.8 Å². The van der Waals surface area contributed by atoms with Gasteiger partial charge in [0, 0.05) is 18.7 Å². The summed E-state index contributed by atoms with van der Waals surface area (Å²) in [5.74, 6) is -0.719. The molecule has 0 bridgehead atoms. The van der Waals surface area contributed by atoms with Crippen LogP contribution in [-0.2, 0) is 4.79 Å². The molecule has 1 aliphatic rings. The van der Waals surface area contributed by atoms with E-state index in [1.165, 1.54) is 0 Å². The lowest BCUT2D eigenvalue weighted by molar-refractivity contribution is -0.123. The van der Waals surface area contributed by atoms with Gasteiger partial charge >= 0.3 is 0 Å². The van der Waals surface area contributed by atoms with E-state index in [1.807, 2.05) is 6.07 Å². The summed E-state index contributed by atoms with van der Waals surface area (Å²) in [7, 11) is 0. The zero-order valence-corrected chi connectivity index (χ0v) is 10.5. The average Bonchev–Trinajstić information content (AvgIpc) is 2.46. The lowest BCUT2D eigenvalue weighted by Gasteiger charge is -2.31. The van der Waals surface area contributed by atoms with Crippen LogP contribution in [0.4, 0.5) is 0 Å². The number of benzene rings is 1. The van der Waals surface area contributed by atoms with Gasteiger partial charge in [-0.15, -0.1) is 0 Å². The molecular formula is C14H15N3O2. The standard InChI is InChI=1S/C14H15N3O2/c15-8-10-3-5-11(6-4-10)14(19)17-7-1-2-12(9-17)13(16)18/h3-6,12H,1-2,7,9H2,(H2,16,18). The smallest absolute Gasteiger partial charge is 0.253 e. The summed E-state index contributed by atoms with van der Waals surface area (Å²) < 4.78 is 0. The third-order valence-corrected chi connectivity index (χ3v) is 3.37. The summed E-state index contributed by atoms with van der Waals surface area (Å²) in [4.78, 5) is 25.1. The third kappa shape index (κ3) is 2.91. The van der Waals surface area contributed by atoms with E-state index in [0.29, 0.717) is 24.2 Å². The van der Waals surface area contributed by atoms with Gasteiger partial charge in [-0.25, -0.2) is 0 Å². The Morgan fingerprint density at radius 3 is 2.58 bits per heavy atom. The van der Waals surface area contributed by atoms with Crippen LogP contribution in [0.25, 0.3) is 0 Å². The number of hydrogen-bond donors (Lipinski definition) is 1. The maximum Gasteiger partial charge on any atom is 0.253 e. The van der Waals surface area contributed by atoms with Crippen molar-refractivity contribution in [3.63, 3.8) is 0 Å². The third-order valence-electron chi connectivity index (χ3n) is 3.37. The largest absolute Gasteiger partial charge is 0.369 e. The topological polar surface area (TPSA) is 87.2 Å². The first-order valence-corrected chi connectivity index (χ1v) is 6.20. The minimum atomic E-state index is -0.350. The molecule has 1 saturated heterocycles. The number of nitriles is 1. The Hall–Kier alpha value is -2.35. The Morgan fingerprint density at radius 2 is 2.00 bits per heavy atom. The Labute approximate surface area is 111 Å². The number of nitrogens with zero attached hydrogens (tertiary/aromatic N) is 2. The molecular weight excluding hydrogens is 242 g/mol. The molecule has 2 rings (SSSR count). The van der Waals surface area contributed by atoms with Gasteiger partial charge in [0.1, 0.15) is 0 Å². The molecule has 1 aromatic carbocycles. The zero-order valence-electron chi connectivity index (χ0n) is 10.5. The molecule has 1 aliphatic heterocycles. The first-order chi connectivity index (χ1) is 9.11. The fourth-order valence-electron chi connectivity index (χ4n) is 2.26. The number of primary amides is 1. The van der Waals surface area contributed by atoms with Gasteiger partial charge in [0.15, 0.2) is 0 Å². The van der Waals surface area contributed by atoms with E-state index in [4.69, 9.17) is 11.0 Å². The van der Waals surface area contributed by atoms with Crippen molar-refractivity contribution >= 4 is 11.8 Å². The number of carbonyl (C=O) groups is 2. The van der Waals surface area contributed by atoms with Gasteiger partial charge in [-0.05, 0) is 37.1 Å². The summed E-state index contributed by atoms with van der Waals surface area (Å²) in [6.07, 6.45) is 1.53. The molecule has 98 valence electrons. The first-order valence-electron chi connectivity index (χ1n) is 6.20. The molecule has 2 amide bonds. The van der Waals surface area contributed by atoms with Gasteiger partial charge in [0.05, 0.1) is 17.6 Å². The van der Waals surface area contributed by atoms with Crippen LogP contribution in [0, 0.1) is 17.2 Å². The number of rotatable bonds is 2. The predicted octanol–water partition coefficient (Wildman–Crippen LogP) is 0.896. The van der Waals surface area contributed by atoms with E-state index >= 15 is 0 Å². The normalized spacial score (nSPS) is 18.7. The second kappa shape index (κ2) is 5.53. The Kier molecular flexibility index (Phi) is 3.81. The summed E-state index contributed by atoms with van der Waals surface area (Å²) >= 11 is 0. The summed E-state index contributed by atoms with van der Waals surface area (Å²) in [5, 5.41) is 8.71. The molecule has 1 fully saturated rings. The second-order valence-electron chi connectivity index (χ2n) is 4.68. The van der Waals surface area contributed by atoms with Crippen molar-refractivity contribution < 1.29 is 9.59 Å². The molecule has 0 radical (unpaired) electrons. The Balaban J connectivity index is 2.10. The van der Waals surface area contributed by atoms with Crippen molar-refractivity contribution in [2.24, 2.45) is 11.7 Å². The number of likely N-dealkylation sites (tertiary alicyclic amines) is 1. The van der Waals surface area contributed by atoms with Crippen molar-refractivity contribution in [2.75, 3.05) is 13.1 Å². The lowest BCUT2D eigenvalue weighted by Crippen LogP contribution is -2.44. The number of amides is 2. The molecule has 1 heterocycles. The van der Waals surface area contributed by atoms with Crippen LogP contribution in [0.2, 0.25) is 0 Å². The van der Waals surface area contributed by atoms with Crippen LogP contribution in [-0.4, -0.2) is 29.8 Å². The van der Waals surface area contributed by atoms with Crippen LogP contribution in [0.5, 0.6) is 0 Å². The fraction of sp³-hybridized carbons (Fsp3) is 0.357. The molecule has 1 aromatic rings. The fourth-order valence-corrected chi connectivity index (χ4v) is 2.26. The molecule has 2 N–H and O–H groups in total. The van der Waals surface area contributed by atoms with Crippen LogP contribution >= 0.6 is 0 Å². The van der Waals surface area contributed by atoms with Gasteiger partial charge in [0.2, 0.25) is 5.91 Å². The van der Waals surface area contributed by atoms with Crippen molar-refractivity contribution in [3.05, 3.63) is 35.4 Å². The highest BCUT2D eigenvalue weighted by Gasteiger charge is 2.27. The SMILES string of the molecule is N#Cc1ccc(C(=O)N2CCCC(C(N)=O)C2)cc1. The number of piperidine rings is 1. The zero-order chi connectivity index (χ0) is 13.8. The van der Waals surface area contributed by atoms with Gasteiger partial charge in [-0.1, -0.05) is 0 Å². The molecule has 5 nitrogen and oxygen atoms in total. The highest BCUT2D eigenvalue weighted by molar-refractivity contribution is 5.94. The number of hydrogen-bond acceptors (Lipinski definition) is 3. The van der Waals surface area contributed by atoms with E-state index in [0.717, 1.165) is 12.8 Å². The van der Waals surface area contributed by atoms with E-state index in [-0.39, 0.29) is 17.7 Å². The minimum Gasteiger partial charge on any atom is -0.369 e. The monoisotopic (exact) mass is 257 g/mol. The van der Waals surface area contributed by atoms with Crippen molar-refractivity contribution in [3.8, 4) is 6.07 Å². The minimum absolute atomic E-state index is 0.115. The van der Waals surface area contributed by atoms with E-state index in [1.54, 1.807) is 29.2 Å². The molecule has 5 heteroatoms. The maximum atomic E-state index is 12.3. The van der Waals surface area contributed by atoms with Crippen LogP contribution in [0.1, 0.15) is 28.8 Å². The Morgan fingerprint density at radius 1 is 1.32 bits per heavy atom. The van der Waals surface area contributed by atoms with Gasteiger partial charge in [-0.3, -0.25) is 9.59 Å². The van der Waals surface area contributed by atoms with Gasteiger partial charge in [0.25, 0.3) is 5.91 Å². The molecule has 1 atom stereocenters. The quantitative estimate of drug-likeness (QED) is 0.853. The summed E-state index contributed by atoms with van der Waals surface area (Å²) in [5.41, 5.74) is 6.34. The Bertz CT molecular complexity index is 531. The first kappa shape index (κ1) is 13.1. The number of nitrogens with two attached hydrogens (primary N) is 1. The summed E-state index contributed by atoms with van der Waals surface area (Å²) in [6.45, 7) is 1.02. The van der Waals surface area contributed by atoms with Crippen LogP contribution in [0.3, 0.4) is 0 Å². The molecule has 0 aromatic heterocycles. The molecule has 1 unspecified atom stereocenters. The highest BCUT2D eigenvalue weighted by Crippen LogP contribution is 2.18. The highest BCUT2D eigenvalue weighted by atomic mass is 16.2. The second-order valence-corrected chi connectivity index (χ2v) is 4.68. The predicted molar refractivity (Wildman–Crippen MR) is 69.0 cm³/mol. The molecule has 0 saturated carbocycles. The average molecular weight is 257 g/mol. The van der Waals surface area contributed by atoms with Crippen molar-refractivity contribution in [1.82, 2.24) is 4.90 Å². The number of carbonyl (C=O) groups excluding carboxylic acids is 2. The van der Waals surface area contributed by atoms with Crippen molar-refractivity contribution in [1.29, 1.82) is 5.26 Å². The van der Waals surface area contributed by atoms with Gasteiger partial charge < -0.3 is 10.6 Å². The van der Waals surface area contributed by atoms with E-state index in [9.17, 15) is 9.59 Å². The molecule has 0 spiro atoms. The van der Waals surface area contributed by atoms with Crippen LogP contribution in [0.15, 0.2) is 24.3 Å².